The van der Waals surface area contributed by atoms with Gasteiger partial charge in [-0.15, -0.1) is 0 Å². The van der Waals surface area contributed by atoms with E-state index in [-0.39, 0.29) is 17.6 Å². The van der Waals surface area contributed by atoms with E-state index < -0.39 is 5.54 Å². The molecule has 0 saturated heterocycles. The Morgan fingerprint density at radius 2 is 1.69 bits per heavy atom. The average Bonchev–Trinajstić information content (AvgIpc) is 3.63. The van der Waals surface area contributed by atoms with Crippen LogP contribution in [-0.2, 0) is 0 Å². The minimum Gasteiger partial charge on any atom is -0.455 e. The van der Waals surface area contributed by atoms with E-state index in [4.69, 9.17) is 9.83 Å². The topological polar surface area (TPSA) is 107 Å². The van der Waals surface area contributed by atoms with Crippen LogP contribution in [0.1, 0.15) is 39.1 Å². The molecule has 4 aromatic rings. The van der Waals surface area contributed by atoms with E-state index >= 15 is 0 Å². The van der Waals surface area contributed by atoms with Gasteiger partial charge in [-0.2, -0.15) is 0 Å². The summed E-state index contributed by atoms with van der Waals surface area (Å²) in [4.78, 5) is 26.2. The van der Waals surface area contributed by atoms with Gasteiger partial charge in [0.2, 0.25) is 0 Å². The summed E-state index contributed by atoms with van der Waals surface area (Å²) in [7, 11) is 3.31. The van der Waals surface area contributed by atoms with Crippen molar-refractivity contribution in [1.82, 2.24) is 16.0 Å². The first-order valence-electron chi connectivity index (χ1n) is 12.7. The number of hydrogen-bond donors (Lipinski definition) is 4. The van der Waals surface area contributed by atoms with Crippen LogP contribution in [0, 0.1) is 18.2 Å². The number of carbonyl (C=O) groups is 2. The lowest BCUT2D eigenvalue weighted by molar-refractivity contribution is 0.0940. The number of fused-ring (bicyclic) bond motifs is 1. The largest absolute Gasteiger partial charge is 0.455 e. The van der Waals surface area contributed by atoms with Gasteiger partial charge in [-0.25, -0.2) is 4.39 Å². The summed E-state index contributed by atoms with van der Waals surface area (Å²) in [6, 6.07) is 16.9. The molecule has 0 aliphatic heterocycles. The highest BCUT2D eigenvalue weighted by Gasteiger charge is 2.47. The van der Waals surface area contributed by atoms with Crippen molar-refractivity contribution in [3.63, 3.8) is 0 Å². The Morgan fingerprint density at radius 3 is 2.36 bits per heavy atom. The molecule has 5 rings (SSSR count). The van der Waals surface area contributed by atoms with E-state index in [2.05, 4.69) is 16.0 Å². The zero-order valence-corrected chi connectivity index (χ0v) is 21.9. The maximum atomic E-state index is 13.5. The van der Waals surface area contributed by atoms with Crippen molar-refractivity contribution < 1.29 is 18.4 Å². The molecule has 0 atom stereocenters. The van der Waals surface area contributed by atoms with E-state index in [0.717, 1.165) is 29.5 Å². The fraction of sp³-hybridized carbons (Fsp3) is 0.194. The number of aryl methyl sites for hydroxylation is 1. The molecule has 1 heterocycles. The van der Waals surface area contributed by atoms with Crippen LogP contribution in [0.3, 0.4) is 0 Å². The molecule has 0 bridgehead atoms. The van der Waals surface area contributed by atoms with Gasteiger partial charge in [-0.05, 0) is 97.3 Å². The molecule has 1 aromatic heterocycles. The molecular weight excluding hydrogens is 495 g/mol. The molecule has 1 fully saturated rings. The summed E-state index contributed by atoms with van der Waals surface area (Å²) < 4.78 is 19.6. The Labute approximate surface area is 225 Å². The number of benzene rings is 3. The third kappa shape index (κ3) is 4.93. The molecule has 0 radical (unpaired) electrons. The van der Waals surface area contributed by atoms with Crippen LogP contribution in [0.2, 0.25) is 0 Å². The molecule has 0 unspecified atom stereocenters. The maximum Gasteiger partial charge on any atom is 0.255 e. The number of furan rings is 1. The fourth-order valence-corrected chi connectivity index (χ4v) is 4.70. The third-order valence-corrected chi connectivity index (χ3v) is 7.09. The molecule has 3 aromatic carbocycles. The first-order valence-corrected chi connectivity index (χ1v) is 12.7. The fourth-order valence-electron chi connectivity index (χ4n) is 4.70. The second kappa shape index (κ2) is 10.2. The average molecular weight is 525 g/mol. The highest BCUT2D eigenvalue weighted by molar-refractivity contribution is 6.12. The molecule has 1 aliphatic rings. The first kappa shape index (κ1) is 25.9. The number of hydrogen-bond acceptors (Lipinski definition) is 5. The number of nitrogens with one attached hydrogen (secondary N) is 4. The molecule has 39 heavy (non-hydrogen) atoms. The van der Waals surface area contributed by atoms with E-state index in [1.54, 1.807) is 50.6 Å². The van der Waals surface area contributed by atoms with Crippen LogP contribution < -0.4 is 16.0 Å². The Kier molecular flexibility index (Phi) is 6.78. The molecular formula is C31H29FN4O3. The van der Waals surface area contributed by atoms with E-state index in [1.807, 2.05) is 31.2 Å². The molecule has 1 saturated carbocycles. The predicted octanol–water partition coefficient (Wildman–Crippen LogP) is 5.59. The summed E-state index contributed by atoms with van der Waals surface area (Å²) in [5.74, 6) is -0.585. The van der Waals surface area contributed by atoms with Crippen LogP contribution in [0.25, 0.3) is 33.4 Å². The van der Waals surface area contributed by atoms with Gasteiger partial charge in [-0.3, -0.25) is 9.59 Å². The molecule has 2 amide bonds. The Balaban J connectivity index is 1.53. The van der Waals surface area contributed by atoms with Gasteiger partial charge in [0, 0.05) is 30.6 Å². The Morgan fingerprint density at radius 1 is 0.974 bits per heavy atom. The maximum absolute atomic E-state index is 13.5. The normalized spacial score (nSPS) is 13.8. The molecule has 8 heteroatoms. The minimum atomic E-state index is -0.635. The number of rotatable bonds is 8. The lowest BCUT2D eigenvalue weighted by atomic mass is 9.95. The molecule has 4 N–H and O–H groups in total. The van der Waals surface area contributed by atoms with Gasteiger partial charge >= 0.3 is 0 Å². The quantitative estimate of drug-likeness (QED) is 0.226. The summed E-state index contributed by atoms with van der Waals surface area (Å²) in [5.41, 5.74) is 4.30. The molecule has 0 spiro atoms. The SMILES string of the molecule is CN/C=C\C(=N)C1(NC(=O)c2ccc(C)c(-c3ccc4oc(-c5ccc(F)cc5)c(C(=O)NC)c4c3)c2)CC1. The first-order chi connectivity index (χ1) is 18.8. The van der Waals surface area contributed by atoms with Gasteiger partial charge < -0.3 is 25.8 Å². The monoisotopic (exact) mass is 524 g/mol. The van der Waals surface area contributed by atoms with Crippen LogP contribution in [0.4, 0.5) is 4.39 Å². The van der Waals surface area contributed by atoms with Gasteiger partial charge in [0.05, 0.1) is 16.8 Å². The standard InChI is InChI=1S/C31H29FN4O3/c1-18-4-5-21(29(37)36-31(13-14-31)26(33)12-15-34-2)17-23(18)20-8-11-25-24(16-20)27(30(38)35-3)28(39-25)19-6-9-22(32)10-7-19/h4-12,15-17,33-34H,13-14H2,1-3H3,(H,35,38)(H,36,37)/b15-12-,33-26?. The van der Waals surface area contributed by atoms with Crippen molar-refractivity contribution >= 4 is 28.5 Å². The van der Waals surface area contributed by atoms with Gasteiger partial charge in [-0.1, -0.05) is 12.1 Å². The van der Waals surface area contributed by atoms with Crippen LogP contribution in [0.15, 0.2) is 77.4 Å². The van der Waals surface area contributed by atoms with Crippen molar-refractivity contribution in [2.24, 2.45) is 0 Å². The lowest BCUT2D eigenvalue weighted by Gasteiger charge is -2.17. The second-order valence-electron chi connectivity index (χ2n) is 9.70. The van der Waals surface area contributed by atoms with Crippen molar-refractivity contribution in [2.75, 3.05) is 14.1 Å². The molecule has 1 aliphatic carbocycles. The summed E-state index contributed by atoms with van der Waals surface area (Å²) >= 11 is 0. The van der Waals surface area contributed by atoms with E-state index in [9.17, 15) is 14.0 Å². The predicted molar refractivity (Wildman–Crippen MR) is 151 cm³/mol. The highest BCUT2D eigenvalue weighted by Crippen LogP contribution is 2.39. The summed E-state index contributed by atoms with van der Waals surface area (Å²) in [5, 5.41) is 17.5. The van der Waals surface area contributed by atoms with Crippen molar-refractivity contribution in [1.29, 1.82) is 5.41 Å². The van der Waals surface area contributed by atoms with Crippen LogP contribution in [0.5, 0.6) is 0 Å². The molecule has 7 nitrogen and oxygen atoms in total. The third-order valence-electron chi connectivity index (χ3n) is 7.09. The Hall–Kier alpha value is -4.72. The minimum absolute atomic E-state index is 0.245. The second-order valence-corrected chi connectivity index (χ2v) is 9.70. The smallest absolute Gasteiger partial charge is 0.255 e. The highest BCUT2D eigenvalue weighted by atomic mass is 19.1. The van der Waals surface area contributed by atoms with Gasteiger partial charge in [0.25, 0.3) is 11.8 Å². The van der Waals surface area contributed by atoms with Crippen LogP contribution in [-0.4, -0.2) is 37.2 Å². The number of carbonyl (C=O) groups excluding carboxylic acids is 2. The van der Waals surface area contributed by atoms with Crippen molar-refractivity contribution in [2.45, 2.75) is 25.3 Å². The van der Waals surface area contributed by atoms with Crippen LogP contribution >= 0.6 is 0 Å². The lowest BCUT2D eigenvalue weighted by Crippen LogP contribution is -2.42. The van der Waals surface area contributed by atoms with E-state index in [0.29, 0.717) is 39.1 Å². The van der Waals surface area contributed by atoms with E-state index in [1.165, 1.54) is 12.1 Å². The van der Waals surface area contributed by atoms with Crippen molar-refractivity contribution in [3.8, 4) is 22.5 Å². The molecule has 198 valence electrons. The zero-order chi connectivity index (χ0) is 27.7. The number of halogens is 1. The summed E-state index contributed by atoms with van der Waals surface area (Å²) in [6.07, 6.45) is 4.79. The van der Waals surface area contributed by atoms with Gasteiger partial charge in [0.15, 0.2) is 0 Å². The Bertz CT molecular complexity index is 1630. The van der Waals surface area contributed by atoms with Gasteiger partial charge in [0.1, 0.15) is 17.2 Å². The number of amides is 2. The zero-order valence-electron chi connectivity index (χ0n) is 21.9. The summed E-state index contributed by atoms with van der Waals surface area (Å²) in [6.45, 7) is 1.96. The van der Waals surface area contributed by atoms with Crippen molar-refractivity contribution in [3.05, 3.63) is 95.4 Å².